The maximum Gasteiger partial charge on any atom is 0.303 e. The van der Waals surface area contributed by atoms with Crippen molar-refractivity contribution in [3.63, 3.8) is 0 Å². The van der Waals surface area contributed by atoms with E-state index in [-0.39, 0.29) is 6.42 Å². The standard InChI is InChI=1S/C16H18O5/c1-19-12-6-4-5-11-15(12)13(20-2)9-10(16(11)21-3)7-8-14(17)18/h4-6,9H,7-8H2,1-3H3,(H,17,18). The summed E-state index contributed by atoms with van der Waals surface area (Å²) in [5.74, 6) is 1.14. The number of carbonyl (C=O) groups is 1. The first-order valence-corrected chi connectivity index (χ1v) is 6.54. The molecular weight excluding hydrogens is 272 g/mol. The third-order valence-corrected chi connectivity index (χ3v) is 3.37. The maximum atomic E-state index is 10.8. The second kappa shape index (κ2) is 6.35. The lowest BCUT2D eigenvalue weighted by Gasteiger charge is -2.16. The van der Waals surface area contributed by atoms with Crippen LogP contribution in [-0.4, -0.2) is 32.4 Å². The molecule has 0 aromatic heterocycles. The van der Waals surface area contributed by atoms with Crippen LogP contribution in [0.5, 0.6) is 17.2 Å². The summed E-state index contributed by atoms with van der Waals surface area (Å²) in [6.45, 7) is 0. The van der Waals surface area contributed by atoms with Crippen molar-refractivity contribution >= 4 is 16.7 Å². The van der Waals surface area contributed by atoms with E-state index in [0.29, 0.717) is 23.7 Å². The van der Waals surface area contributed by atoms with Gasteiger partial charge in [-0.05, 0) is 24.1 Å². The molecule has 1 N–H and O–H groups in total. The molecule has 5 heteroatoms. The van der Waals surface area contributed by atoms with E-state index in [1.807, 2.05) is 24.3 Å². The zero-order valence-corrected chi connectivity index (χ0v) is 12.3. The Balaban J connectivity index is 2.69. The van der Waals surface area contributed by atoms with Gasteiger partial charge in [-0.1, -0.05) is 12.1 Å². The van der Waals surface area contributed by atoms with E-state index in [1.54, 1.807) is 21.3 Å². The van der Waals surface area contributed by atoms with E-state index in [1.165, 1.54) is 0 Å². The predicted octanol–water partition coefficient (Wildman–Crippen LogP) is 2.88. The summed E-state index contributed by atoms with van der Waals surface area (Å²) < 4.78 is 16.3. The third kappa shape index (κ3) is 2.86. The van der Waals surface area contributed by atoms with Crippen LogP contribution in [0, 0.1) is 0 Å². The van der Waals surface area contributed by atoms with Crippen molar-refractivity contribution in [3.8, 4) is 17.2 Å². The first-order chi connectivity index (χ1) is 10.1. The fourth-order valence-electron chi connectivity index (χ4n) is 2.44. The molecule has 0 heterocycles. The van der Waals surface area contributed by atoms with Crippen LogP contribution in [0.3, 0.4) is 0 Å². The van der Waals surface area contributed by atoms with Crippen LogP contribution >= 0.6 is 0 Å². The second-order valence-electron chi connectivity index (χ2n) is 4.55. The Morgan fingerprint density at radius 3 is 2.38 bits per heavy atom. The molecule has 2 aromatic carbocycles. The molecule has 112 valence electrons. The number of carboxylic acid groups (broad SMARTS) is 1. The average Bonchev–Trinajstić information content (AvgIpc) is 2.50. The van der Waals surface area contributed by atoms with Gasteiger partial charge in [0.05, 0.1) is 26.7 Å². The number of aryl methyl sites for hydroxylation is 1. The zero-order chi connectivity index (χ0) is 15.4. The highest BCUT2D eigenvalue weighted by molar-refractivity contribution is 5.99. The molecular formula is C16H18O5. The Bertz CT molecular complexity index is 663. The van der Waals surface area contributed by atoms with Crippen molar-refractivity contribution in [3.05, 3.63) is 29.8 Å². The molecule has 5 nitrogen and oxygen atoms in total. The summed E-state index contributed by atoms with van der Waals surface area (Å²) in [5.41, 5.74) is 0.803. The quantitative estimate of drug-likeness (QED) is 0.886. The van der Waals surface area contributed by atoms with Gasteiger partial charge in [0, 0.05) is 11.8 Å². The molecule has 0 saturated carbocycles. The summed E-state index contributed by atoms with van der Waals surface area (Å²) in [7, 11) is 4.75. The van der Waals surface area contributed by atoms with Gasteiger partial charge in [0.25, 0.3) is 0 Å². The number of hydrogen-bond acceptors (Lipinski definition) is 4. The molecule has 0 atom stereocenters. The maximum absolute atomic E-state index is 10.8. The molecule has 0 aliphatic carbocycles. The Kier molecular flexibility index (Phi) is 4.52. The van der Waals surface area contributed by atoms with Crippen LogP contribution in [0.15, 0.2) is 24.3 Å². The highest BCUT2D eigenvalue weighted by atomic mass is 16.5. The van der Waals surface area contributed by atoms with Gasteiger partial charge < -0.3 is 19.3 Å². The van der Waals surface area contributed by atoms with Gasteiger partial charge in [-0.25, -0.2) is 0 Å². The van der Waals surface area contributed by atoms with Gasteiger partial charge in [-0.2, -0.15) is 0 Å². The van der Waals surface area contributed by atoms with Gasteiger partial charge in [0.15, 0.2) is 0 Å². The minimum Gasteiger partial charge on any atom is -0.496 e. The number of aliphatic carboxylic acids is 1. The molecule has 21 heavy (non-hydrogen) atoms. The van der Waals surface area contributed by atoms with Gasteiger partial charge in [0.2, 0.25) is 0 Å². The van der Waals surface area contributed by atoms with E-state index >= 15 is 0 Å². The van der Waals surface area contributed by atoms with Crippen molar-refractivity contribution in [1.82, 2.24) is 0 Å². The van der Waals surface area contributed by atoms with Crippen LogP contribution in [0.4, 0.5) is 0 Å². The topological polar surface area (TPSA) is 65.0 Å². The van der Waals surface area contributed by atoms with Gasteiger partial charge in [-0.3, -0.25) is 4.79 Å². The molecule has 0 amide bonds. The molecule has 0 unspecified atom stereocenters. The number of ether oxygens (including phenoxy) is 3. The van der Waals surface area contributed by atoms with E-state index in [4.69, 9.17) is 19.3 Å². The molecule has 0 radical (unpaired) electrons. The van der Waals surface area contributed by atoms with Crippen molar-refractivity contribution < 1.29 is 24.1 Å². The van der Waals surface area contributed by atoms with Crippen molar-refractivity contribution in [2.45, 2.75) is 12.8 Å². The Hall–Kier alpha value is -2.43. The highest BCUT2D eigenvalue weighted by Gasteiger charge is 2.17. The average molecular weight is 290 g/mol. The largest absolute Gasteiger partial charge is 0.496 e. The number of methoxy groups -OCH3 is 3. The van der Waals surface area contributed by atoms with Crippen LogP contribution in [0.2, 0.25) is 0 Å². The van der Waals surface area contributed by atoms with E-state index in [2.05, 4.69) is 0 Å². The SMILES string of the molecule is COc1c(CCC(=O)O)cc(OC)c2c(OC)cccc12. The monoisotopic (exact) mass is 290 g/mol. The second-order valence-corrected chi connectivity index (χ2v) is 4.55. The summed E-state index contributed by atoms with van der Waals surface area (Å²) in [6.07, 6.45) is 0.414. The van der Waals surface area contributed by atoms with Crippen LogP contribution in [-0.2, 0) is 11.2 Å². The van der Waals surface area contributed by atoms with E-state index in [0.717, 1.165) is 16.3 Å². The summed E-state index contributed by atoms with van der Waals surface area (Å²) in [5, 5.41) is 10.5. The molecule has 0 saturated heterocycles. The lowest BCUT2D eigenvalue weighted by Crippen LogP contribution is -2.01. The first kappa shape index (κ1) is 15.0. The normalized spacial score (nSPS) is 10.4. The summed E-state index contributed by atoms with van der Waals surface area (Å²) in [6, 6.07) is 7.43. The molecule has 2 aromatic rings. The molecule has 0 fully saturated rings. The fourth-order valence-corrected chi connectivity index (χ4v) is 2.44. The number of rotatable bonds is 6. The molecule has 0 aliphatic heterocycles. The summed E-state index contributed by atoms with van der Waals surface area (Å²) >= 11 is 0. The Morgan fingerprint density at radius 2 is 1.81 bits per heavy atom. The fraction of sp³-hybridized carbons (Fsp3) is 0.312. The number of hydrogen-bond donors (Lipinski definition) is 1. The van der Waals surface area contributed by atoms with Gasteiger partial charge >= 0.3 is 5.97 Å². The van der Waals surface area contributed by atoms with Crippen molar-refractivity contribution in [2.75, 3.05) is 21.3 Å². The highest BCUT2D eigenvalue weighted by Crippen LogP contribution is 2.41. The third-order valence-electron chi connectivity index (χ3n) is 3.37. The lowest BCUT2D eigenvalue weighted by atomic mass is 10.00. The van der Waals surface area contributed by atoms with E-state index < -0.39 is 5.97 Å². The molecule has 0 bridgehead atoms. The smallest absolute Gasteiger partial charge is 0.303 e. The predicted molar refractivity (Wildman–Crippen MR) is 79.6 cm³/mol. The zero-order valence-electron chi connectivity index (χ0n) is 12.3. The first-order valence-electron chi connectivity index (χ1n) is 6.54. The van der Waals surface area contributed by atoms with Gasteiger partial charge in [-0.15, -0.1) is 0 Å². The summed E-state index contributed by atoms with van der Waals surface area (Å²) in [4.78, 5) is 10.8. The number of benzene rings is 2. The van der Waals surface area contributed by atoms with E-state index in [9.17, 15) is 4.79 Å². The van der Waals surface area contributed by atoms with Crippen molar-refractivity contribution in [1.29, 1.82) is 0 Å². The Labute approximate surface area is 123 Å². The Morgan fingerprint density at radius 1 is 1.10 bits per heavy atom. The molecule has 2 rings (SSSR count). The number of fused-ring (bicyclic) bond motifs is 1. The van der Waals surface area contributed by atoms with Crippen molar-refractivity contribution in [2.24, 2.45) is 0 Å². The molecule has 0 aliphatic rings. The minimum atomic E-state index is -0.846. The van der Waals surface area contributed by atoms with Gasteiger partial charge in [0.1, 0.15) is 17.2 Å². The lowest BCUT2D eigenvalue weighted by molar-refractivity contribution is -0.136. The minimum absolute atomic E-state index is 0.0367. The molecule has 0 spiro atoms. The van der Waals surface area contributed by atoms with Crippen LogP contribution < -0.4 is 14.2 Å². The van der Waals surface area contributed by atoms with Crippen LogP contribution in [0.1, 0.15) is 12.0 Å². The van der Waals surface area contributed by atoms with Crippen LogP contribution in [0.25, 0.3) is 10.8 Å². The number of carboxylic acids is 1.